The molecule has 2 rings (SSSR count). The molecular formula is C13H17N3O3. The van der Waals surface area contributed by atoms with Gasteiger partial charge in [0.2, 0.25) is 0 Å². The van der Waals surface area contributed by atoms with Crippen molar-refractivity contribution in [3.05, 3.63) is 35.9 Å². The molecule has 19 heavy (non-hydrogen) atoms. The van der Waals surface area contributed by atoms with Crippen LogP contribution in [0.3, 0.4) is 0 Å². The van der Waals surface area contributed by atoms with E-state index in [2.05, 4.69) is 10.1 Å². The lowest BCUT2D eigenvalue weighted by Crippen LogP contribution is -2.08. The van der Waals surface area contributed by atoms with Crippen molar-refractivity contribution < 1.29 is 14.6 Å². The molecule has 102 valence electrons. The molecule has 0 radical (unpaired) electrons. The van der Waals surface area contributed by atoms with Gasteiger partial charge in [0, 0.05) is 13.5 Å². The third kappa shape index (κ3) is 2.85. The molecule has 0 saturated heterocycles. The van der Waals surface area contributed by atoms with Crippen LogP contribution in [0.4, 0.5) is 0 Å². The van der Waals surface area contributed by atoms with Gasteiger partial charge in [0.15, 0.2) is 11.5 Å². The number of nitrogens with zero attached hydrogens (tertiary/aromatic N) is 3. The summed E-state index contributed by atoms with van der Waals surface area (Å²) in [5, 5.41) is 14.2. The molecule has 6 heteroatoms. The smallest absolute Gasteiger partial charge is 0.161 e. The number of hydrogen-bond donors (Lipinski definition) is 1. The van der Waals surface area contributed by atoms with E-state index < -0.39 is 6.10 Å². The Kier molecular flexibility index (Phi) is 4.01. The van der Waals surface area contributed by atoms with E-state index in [0.29, 0.717) is 17.9 Å². The van der Waals surface area contributed by atoms with Gasteiger partial charge in [0.05, 0.1) is 20.3 Å². The van der Waals surface area contributed by atoms with Gasteiger partial charge in [-0.3, -0.25) is 4.68 Å². The number of hydrogen-bond acceptors (Lipinski definition) is 5. The maximum absolute atomic E-state index is 10.2. The van der Waals surface area contributed by atoms with Crippen LogP contribution < -0.4 is 9.47 Å². The molecule has 0 saturated carbocycles. The van der Waals surface area contributed by atoms with Crippen molar-refractivity contribution in [2.45, 2.75) is 12.5 Å². The van der Waals surface area contributed by atoms with Crippen LogP contribution in [-0.2, 0) is 13.5 Å². The fraction of sp³-hybridized carbons (Fsp3) is 0.385. The molecule has 0 aliphatic rings. The van der Waals surface area contributed by atoms with Gasteiger partial charge in [-0.2, -0.15) is 5.10 Å². The van der Waals surface area contributed by atoms with E-state index in [0.717, 1.165) is 11.4 Å². The van der Waals surface area contributed by atoms with E-state index in [-0.39, 0.29) is 0 Å². The molecule has 1 aromatic heterocycles. The summed E-state index contributed by atoms with van der Waals surface area (Å²) in [6.45, 7) is 0. The maximum atomic E-state index is 10.2. The predicted molar refractivity (Wildman–Crippen MR) is 69.2 cm³/mol. The largest absolute Gasteiger partial charge is 0.493 e. The zero-order chi connectivity index (χ0) is 13.8. The Morgan fingerprint density at radius 3 is 2.58 bits per heavy atom. The lowest BCUT2D eigenvalue weighted by molar-refractivity contribution is 0.174. The molecule has 0 spiro atoms. The summed E-state index contributed by atoms with van der Waals surface area (Å²) in [5.74, 6) is 1.96. The van der Waals surface area contributed by atoms with E-state index in [1.807, 2.05) is 6.07 Å². The Bertz CT molecular complexity index is 554. The van der Waals surface area contributed by atoms with Crippen LogP contribution in [0.15, 0.2) is 24.5 Å². The summed E-state index contributed by atoms with van der Waals surface area (Å²) >= 11 is 0. The molecule has 1 aromatic carbocycles. The first-order valence-electron chi connectivity index (χ1n) is 5.88. The average Bonchev–Trinajstić information content (AvgIpc) is 2.83. The molecule has 1 unspecified atom stereocenters. The third-order valence-corrected chi connectivity index (χ3v) is 2.97. The molecule has 0 fully saturated rings. The highest BCUT2D eigenvalue weighted by atomic mass is 16.5. The van der Waals surface area contributed by atoms with E-state index in [4.69, 9.17) is 9.47 Å². The molecule has 0 aliphatic carbocycles. The van der Waals surface area contributed by atoms with Crippen molar-refractivity contribution in [1.82, 2.24) is 14.8 Å². The Morgan fingerprint density at radius 1 is 1.26 bits per heavy atom. The first kappa shape index (κ1) is 13.4. The molecule has 6 nitrogen and oxygen atoms in total. The zero-order valence-electron chi connectivity index (χ0n) is 11.2. The minimum atomic E-state index is -0.664. The lowest BCUT2D eigenvalue weighted by Gasteiger charge is -2.13. The summed E-state index contributed by atoms with van der Waals surface area (Å²) < 4.78 is 12.0. The highest BCUT2D eigenvalue weighted by Crippen LogP contribution is 2.30. The van der Waals surface area contributed by atoms with Crippen LogP contribution in [-0.4, -0.2) is 34.1 Å². The van der Waals surface area contributed by atoms with Gasteiger partial charge in [0.1, 0.15) is 12.2 Å². The second kappa shape index (κ2) is 5.71. The SMILES string of the molecule is COc1ccc(C(O)Cc2ncnn2C)cc1OC. The van der Waals surface area contributed by atoms with Crippen molar-refractivity contribution in [2.24, 2.45) is 7.05 Å². The number of aliphatic hydroxyl groups excluding tert-OH is 1. The molecule has 2 aromatic rings. The molecule has 1 heterocycles. The Labute approximate surface area is 111 Å². The highest BCUT2D eigenvalue weighted by Gasteiger charge is 2.14. The summed E-state index contributed by atoms with van der Waals surface area (Å²) in [7, 11) is 4.94. The first-order chi connectivity index (χ1) is 9.15. The molecular weight excluding hydrogens is 246 g/mol. The van der Waals surface area contributed by atoms with Gasteiger partial charge in [-0.05, 0) is 17.7 Å². The van der Waals surface area contributed by atoms with Gasteiger partial charge in [-0.15, -0.1) is 0 Å². The quantitative estimate of drug-likeness (QED) is 0.875. The number of ether oxygens (including phenoxy) is 2. The third-order valence-electron chi connectivity index (χ3n) is 2.97. The fourth-order valence-electron chi connectivity index (χ4n) is 1.86. The van der Waals surface area contributed by atoms with E-state index in [9.17, 15) is 5.11 Å². The van der Waals surface area contributed by atoms with Crippen LogP contribution in [0.1, 0.15) is 17.5 Å². The predicted octanol–water partition coefficient (Wildman–Crippen LogP) is 1.11. The van der Waals surface area contributed by atoms with Crippen LogP contribution in [0, 0.1) is 0 Å². The molecule has 0 bridgehead atoms. The normalized spacial score (nSPS) is 12.2. The molecule has 0 aliphatic heterocycles. The van der Waals surface area contributed by atoms with Gasteiger partial charge in [-0.25, -0.2) is 4.98 Å². The van der Waals surface area contributed by atoms with Crippen molar-refractivity contribution >= 4 is 0 Å². The van der Waals surface area contributed by atoms with Crippen LogP contribution in [0.25, 0.3) is 0 Å². The van der Waals surface area contributed by atoms with Gasteiger partial charge >= 0.3 is 0 Å². The number of rotatable bonds is 5. The van der Waals surface area contributed by atoms with Gasteiger partial charge < -0.3 is 14.6 Å². The number of methoxy groups -OCH3 is 2. The lowest BCUT2D eigenvalue weighted by atomic mass is 10.1. The fourth-order valence-corrected chi connectivity index (χ4v) is 1.86. The monoisotopic (exact) mass is 263 g/mol. The van der Waals surface area contributed by atoms with E-state index in [1.54, 1.807) is 38.1 Å². The number of aryl methyl sites for hydroxylation is 1. The van der Waals surface area contributed by atoms with Crippen molar-refractivity contribution in [2.75, 3.05) is 14.2 Å². The summed E-state index contributed by atoms with van der Waals surface area (Å²) in [6, 6.07) is 5.34. The van der Waals surface area contributed by atoms with Gasteiger partial charge in [0.25, 0.3) is 0 Å². The molecule has 0 amide bonds. The number of aromatic nitrogens is 3. The zero-order valence-corrected chi connectivity index (χ0v) is 11.2. The average molecular weight is 263 g/mol. The van der Waals surface area contributed by atoms with Crippen LogP contribution in [0.5, 0.6) is 11.5 Å². The van der Waals surface area contributed by atoms with Crippen molar-refractivity contribution in [1.29, 1.82) is 0 Å². The second-order valence-electron chi connectivity index (χ2n) is 4.13. The Morgan fingerprint density at radius 2 is 2.00 bits per heavy atom. The standard InChI is InChI=1S/C13H17N3O3/c1-16-13(14-8-15-16)7-10(17)9-4-5-11(18-2)12(6-9)19-3/h4-6,8,10,17H,7H2,1-3H3. The second-order valence-corrected chi connectivity index (χ2v) is 4.13. The summed E-state index contributed by atoms with van der Waals surface area (Å²) in [4.78, 5) is 4.09. The maximum Gasteiger partial charge on any atom is 0.161 e. The Balaban J connectivity index is 2.19. The number of benzene rings is 1. The van der Waals surface area contributed by atoms with Crippen molar-refractivity contribution in [3.63, 3.8) is 0 Å². The summed E-state index contributed by atoms with van der Waals surface area (Å²) in [5.41, 5.74) is 0.751. The molecule has 1 atom stereocenters. The van der Waals surface area contributed by atoms with Crippen LogP contribution >= 0.6 is 0 Å². The highest BCUT2D eigenvalue weighted by molar-refractivity contribution is 5.43. The van der Waals surface area contributed by atoms with E-state index >= 15 is 0 Å². The minimum Gasteiger partial charge on any atom is -0.493 e. The van der Waals surface area contributed by atoms with Gasteiger partial charge in [-0.1, -0.05) is 6.07 Å². The number of aliphatic hydroxyl groups is 1. The molecule has 1 N–H and O–H groups in total. The summed E-state index contributed by atoms with van der Waals surface area (Å²) in [6.07, 6.45) is 1.20. The topological polar surface area (TPSA) is 69.4 Å². The minimum absolute atomic E-state index is 0.395. The van der Waals surface area contributed by atoms with Crippen LogP contribution in [0.2, 0.25) is 0 Å². The van der Waals surface area contributed by atoms with E-state index in [1.165, 1.54) is 6.33 Å². The Hall–Kier alpha value is -2.08. The first-order valence-corrected chi connectivity index (χ1v) is 5.88. The van der Waals surface area contributed by atoms with Crippen molar-refractivity contribution in [3.8, 4) is 11.5 Å².